The van der Waals surface area contributed by atoms with Crippen LogP contribution in [0.3, 0.4) is 0 Å². The molecule has 6 nitrogen and oxygen atoms in total. The van der Waals surface area contributed by atoms with Crippen molar-refractivity contribution in [2.24, 2.45) is 0 Å². The van der Waals surface area contributed by atoms with E-state index in [0.29, 0.717) is 28.9 Å². The number of sulfone groups is 1. The first kappa shape index (κ1) is 20.0. The van der Waals surface area contributed by atoms with Crippen molar-refractivity contribution in [2.45, 2.75) is 43.6 Å². The minimum atomic E-state index is -5.41. The summed E-state index contributed by atoms with van der Waals surface area (Å²) in [6, 6.07) is 3.33. The summed E-state index contributed by atoms with van der Waals surface area (Å²) >= 11 is 0. The van der Waals surface area contributed by atoms with E-state index in [1.807, 2.05) is 13.8 Å². The van der Waals surface area contributed by atoms with Crippen molar-refractivity contribution in [3.63, 3.8) is 0 Å². The van der Waals surface area contributed by atoms with Gasteiger partial charge in [0.25, 0.3) is 9.84 Å². The molecule has 0 saturated heterocycles. The van der Waals surface area contributed by atoms with E-state index < -0.39 is 20.2 Å². The van der Waals surface area contributed by atoms with E-state index in [9.17, 15) is 21.6 Å². The number of nitrogens with zero attached hydrogens (tertiary/aromatic N) is 2. The van der Waals surface area contributed by atoms with Crippen molar-refractivity contribution in [3.8, 4) is 11.1 Å². The molecule has 0 fully saturated rings. The zero-order valence-corrected chi connectivity index (χ0v) is 15.2. The van der Waals surface area contributed by atoms with Gasteiger partial charge in [0, 0.05) is 17.8 Å². The topological polar surface area (TPSA) is 98.0 Å². The zero-order chi connectivity index (χ0) is 19.7. The summed E-state index contributed by atoms with van der Waals surface area (Å²) < 4.78 is 61.7. The van der Waals surface area contributed by atoms with Gasteiger partial charge in [0.05, 0.1) is 4.90 Å². The minimum absolute atomic E-state index is 0.0259. The monoisotopic (exact) mass is 388 g/mol. The van der Waals surface area contributed by atoms with Crippen molar-refractivity contribution in [1.29, 1.82) is 0 Å². The highest BCUT2D eigenvalue weighted by atomic mass is 32.2. The van der Waals surface area contributed by atoms with Crippen LogP contribution in [0.4, 0.5) is 24.9 Å². The molecule has 1 aromatic carbocycles. The highest BCUT2D eigenvalue weighted by molar-refractivity contribution is 7.92. The third-order valence-corrected chi connectivity index (χ3v) is 5.08. The lowest BCUT2D eigenvalue weighted by atomic mass is 9.99. The number of hydrogen-bond donors (Lipinski definition) is 2. The maximum absolute atomic E-state index is 12.8. The largest absolute Gasteiger partial charge is 0.501 e. The van der Waals surface area contributed by atoms with E-state index in [1.54, 1.807) is 6.92 Å². The van der Waals surface area contributed by atoms with E-state index >= 15 is 0 Å². The maximum Gasteiger partial charge on any atom is 0.501 e. The molecule has 0 bridgehead atoms. The van der Waals surface area contributed by atoms with Crippen LogP contribution < -0.4 is 11.1 Å². The molecule has 0 saturated carbocycles. The normalized spacial score (nSPS) is 12.4. The van der Waals surface area contributed by atoms with Crippen LogP contribution in [-0.4, -0.2) is 29.9 Å². The molecule has 0 unspecified atom stereocenters. The number of halogens is 3. The Bertz CT molecular complexity index is 912. The Morgan fingerprint density at radius 2 is 1.88 bits per heavy atom. The number of aryl methyl sites for hydroxylation is 1. The summed E-state index contributed by atoms with van der Waals surface area (Å²) in [4.78, 5) is 7.28. The Labute approximate surface area is 149 Å². The van der Waals surface area contributed by atoms with Crippen molar-refractivity contribution in [2.75, 3.05) is 11.1 Å². The molecular formula is C16H19F3N4O2S. The standard InChI is InChI=1S/C16H19F3N4O2S/c1-4-10-7-11(26(24,25)16(17,18)19)5-6-12(10)13-8-21-15(20)23-14(13)22-9(2)3/h5-9H,4H2,1-3H3,(H3,20,21,22,23). The predicted octanol–water partition coefficient (Wildman–Crippen LogP) is 3.40. The van der Waals surface area contributed by atoms with Crippen molar-refractivity contribution < 1.29 is 21.6 Å². The lowest BCUT2D eigenvalue weighted by molar-refractivity contribution is -0.0436. The van der Waals surface area contributed by atoms with Crippen molar-refractivity contribution in [3.05, 3.63) is 30.0 Å². The molecule has 1 heterocycles. The quantitative estimate of drug-likeness (QED) is 0.815. The first-order valence-electron chi connectivity index (χ1n) is 7.81. The first-order chi connectivity index (χ1) is 12.0. The molecule has 0 aliphatic heterocycles. The molecule has 0 aliphatic rings. The average Bonchev–Trinajstić information content (AvgIpc) is 2.53. The Hall–Kier alpha value is -2.36. The molecule has 0 spiro atoms. The van der Waals surface area contributed by atoms with Gasteiger partial charge in [-0.15, -0.1) is 0 Å². The lowest BCUT2D eigenvalue weighted by Crippen LogP contribution is -2.23. The Morgan fingerprint density at radius 1 is 1.23 bits per heavy atom. The second-order valence-corrected chi connectivity index (χ2v) is 7.85. The lowest BCUT2D eigenvalue weighted by Gasteiger charge is -2.17. The third kappa shape index (κ3) is 3.90. The summed E-state index contributed by atoms with van der Waals surface area (Å²) in [5.41, 5.74) is 1.75. The number of rotatable bonds is 5. The van der Waals surface area contributed by atoms with E-state index in [2.05, 4.69) is 15.3 Å². The highest BCUT2D eigenvalue weighted by Crippen LogP contribution is 2.35. The smallest absolute Gasteiger partial charge is 0.368 e. The zero-order valence-electron chi connectivity index (χ0n) is 14.4. The molecule has 26 heavy (non-hydrogen) atoms. The van der Waals surface area contributed by atoms with E-state index in [-0.39, 0.29) is 12.0 Å². The maximum atomic E-state index is 12.8. The van der Waals surface area contributed by atoms with Crippen LogP contribution >= 0.6 is 0 Å². The Morgan fingerprint density at radius 3 is 2.42 bits per heavy atom. The number of alkyl halides is 3. The molecule has 2 aromatic rings. The van der Waals surface area contributed by atoms with Crippen LogP contribution in [0.5, 0.6) is 0 Å². The Balaban J connectivity index is 2.63. The number of anilines is 2. The summed E-state index contributed by atoms with van der Waals surface area (Å²) in [6.07, 6.45) is 1.78. The van der Waals surface area contributed by atoms with Crippen LogP contribution in [0.2, 0.25) is 0 Å². The van der Waals surface area contributed by atoms with Gasteiger partial charge in [-0.25, -0.2) is 13.4 Å². The SMILES string of the molecule is CCc1cc(S(=O)(=O)C(F)(F)F)ccc1-c1cnc(N)nc1NC(C)C. The molecular weight excluding hydrogens is 369 g/mol. The van der Waals surface area contributed by atoms with Gasteiger partial charge in [-0.1, -0.05) is 13.0 Å². The first-order valence-corrected chi connectivity index (χ1v) is 9.29. The molecule has 2 rings (SSSR count). The molecule has 0 atom stereocenters. The van der Waals surface area contributed by atoms with E-state index in [4.69, 9.17) is 5.73 Å². The van der Waals surface area contributed by atoms with Gasteiger partial charge in [-0.2, -0.15) is 18.2 Å². The number of hydrogen-bond acceptors (Lipinski definition) is 6. The fourth-order valence-electron chi connectivity index (χ4n) is 2.40. The van der Waals surface area contributed by atoms with Gasteiger partial charge in [-0.05, 0) is 43.5 Å². The number of nitrogen functional groups attached to an aromatic ring is 1. The molecule has 142 valence electrons. The third-order valence-electron chi connectivity index (χ3n) is 3.60. The second kappa shape index (κ2) is 7.10. The molecule has 10 heteroatoms. The van der Waals surface area contributed by atoms with Crippen LogP contribution in [-0.2, 0) is 16.3 Å². The highest BCUT2D eigenvalue weighted by Gasteiger charge is 2.47. The van der Waals surface area contributed by atoms with E-state index in [0.717, 1.165) is 12.1 Å². The Kier molecular flexibility index (Phi) is 5.45. The molecule has 0 aliphatic carbocycles. The van der Waals surface area contributed by atoms with E-state index in [1.165, 1.54) is 12.3 Å². The minimum Gasteiger partial charge on any atom is -0.368 e. The summed E-state index contributed by atoms with van der Waals surface area (Å²) in [6.45, 7) is 5.50. The summed E-state index contributed by atoms with van der Waals surface area (Å²) in [5, 5.41) is 3.10. The number of aromatic nitrogens is 2. The molecule has 3 N–H and O–H groups in total. The average molecular weight is 388 g/mol. The van der Waals surface area contributed by atoms with Crippen LogP contribution in [0.1, 0.15) is 26.3 Å². The van der Waals surface area contributed by atoms with Crippen molar-refractivity contribution in [1.82, 2.24) is 9.97 Å². The number of nitrogens with one attached hydrogen (secondary N) is 1. The van der Waals surface area contributed by atoms with Crippen LogP contribution in [0, 0.1) is 0 Å². The molecule has 0 radical (unpaired) electrons. The molecule has 0 amide bonds. The fourth-order valence-corrected chi connectivity index (χ4v) is 3.21. The van der Waals surface area contributed by atoms with Crippen LogP contribution in [0.25, 0.3) is 11.1 Å². The van der Waals surface area contributed by atoms with Gasteiger partial charge in [0.1, 0.15) is 5.82 Å². The van der Waals surface area contributed by atoms with Gasteiger partial charge < -0.3 is 11.1 Å². The van der Waals surface area contributed by atoms with Gasteiger partial charge in [-0.3, -0.25) is 0 Å². The fraction of sp³-hybridized carbons (Fsp3) is 0.375. The number of nitrogens with two attached hydrogens (primary N) is 1. The van der Waals surface area contributed by atoms with Gasteiger partial charge in [0.15, 0.2) is 0 Å². The van der Waals surface area contributed by atoms with Crippen molar-refractivity contribution >= 4 is 21.6 Å². The molecule has 1 aromatic heterocycles. The summed E-state index contributed by atoms with van der Waals surface area (Å²) in [5.74, 6) is 0.472. The second-order valence-electron chi connectivity index (χ2n) is 5.91. The van der Waals surface area contributed by atoms with Gasteiger partial charge >= 0.3 is 5.51 Å². The predicted molar refractivity (Wildman–Crippen MR) is 93.3 cm³/mol. The summed E-state index contributed by atoms with van der Waals surface area (Å²) in [7, 11) is -5.41. The number of benzene rings is 1. The van der Waals surface area contributed by atoms with Crippen LogP contribution in [0.15, 0.2) is 29.3 Å². The van der Waals surface area contributed by atoms with Gasteiger partial charge in [0.2, 0.25) is 5.95 Å².